The van der Waals surface area contributed by atoms with Crippen LogP contribution in [0.5, 0.6) is 0 Å². The summed E-state index contributed by atoms with van der Waals surface area (Å²) in [6.45, 7) is 0.498. The van der Waals surface area contributed by atoms with Crippen molar-refractivity contribution in [3.8, 4) is 0 Å². The number of carbonyl (C=O) groups excluding carboxylic acids is 1. The summed E-state index contributed by atoms with van der Waals surface area (Å²) in [5.41, 5.74) is 0.784. The van der Waals surface area contributed by atoms with Gasteiger partial charge < -0.3 is 10.3 Å². The Morgan fingerprint density at radius 1 is 1.18 bits per heavy atom. The molecule has 0 fully saturated rings. The van der Waals surface area contributed by atoms with Crippen molar-refractivity contribution in [3.05, 3.63) is 64.5 Å². The number of hydrogen-bond donors (Lipinski definition) is 2. The molecule has 3 aromatic heterocycles. The molecule has 22 heavy (non-hydrogen) atoms. The van der Waals surface area contributed by atoms with Crippen LogP contribution in [0.1, 0.15) is 22.7 Å². The fourth-order valence-corrected chi connectivity index (χ4v) is 2.19. The highest BCUT2D eigenvalue weighted by Crippen LogP contribution is 2.04. The predicted octanol–water partition coefficient (Wildman–Crippen LogP) is 0.780. The van der Waals surface area contributed by atoms with Gasteiger partial charge in [0.2, 0.25) is 5.56 Å². The molecule has 7 heteroatoms. The van der Waals surface area contributed by atoms with Gasteiger partial charge in [0.25, 0.3) is 5.91 Å². The minimum atomic E-state index is -0.289. The summed E-state index contributed by atoms with van der Waals surface area (Å²) < 4.78 is 1.93. The maximum atomic E-state index is 11.9. The summed E-state index contributed by atoms with van der Waals surface area (Å²) in [6.07, 6.45) is 3.35. The average molecular weight is 297 g/mol. The molecular weight excluding hydrogens is 282 g/mol. The van der Waals surface area contributed by atoms with Gasteiger partial charge in [-0.25, -0.2) is 0 Å². The summed E-state index contributed by atoms with van der Waals surface area (Å²) in [4.78, 5) is 25.5. The largest absolute Gasteiger partial charge is 0.351 e. The second kappa shape index (κ2) is 6.21. The summed E-state index contributed by atoms with van der Waals surface area (Å²) >= 11 is 0. The van der Waals surface area contributed by atoms with Gasteiger partial charge in [-0.05, 0) is 24.6 Å². The quantitative estimate of drug-likeness (QED) is 0.681. The second-order valence-corrected chi connectivity index (χ2v) is 4.83. The molecule has 0 saturated carbocycles. The average Bonchev–Trinajstić information content (AvgIpc) is 2.95. The minimum absolute atomic E-state index is 0.264. The minimum Gasteiger partial charge on any atom is -0.351 e. The van der Waals surface area contributed by atoms with Crippen LogP contribution < -0.4 is 10.9 Å². The molecule has 0 aliphatic heterocycles. The molecule has 0 aliphatic carbocycles. The number of pyridine rings is 2. The second-order valence-electron chi connectivity index (χ2n) is 4.83. The third kappa shape index (κ3) is 3.03. The maximum Gasteiger partial charge on any atom is 0.267 e. The van der Waals surface area contributed by atoms with Crippen LogP contribution in [0, 0.1) is 0 Å². The van der Waals surface area contributed by atoms with Crippen LogP contribution in [-0.2, 0) is 6.42 Å². The van der Waals surface area contributed by atoms with Crippen molar-refractivity contribution in [2.75, 3.05) is 6.54 Å². The fraction of sp³-hybridized carbons (Fsp3) is 0.200. The molecule has 0 aromatic carbocycles. The molecule has 112 valence electrons. The van der Waals surface area contributed by atoms with Crippen molar-refractivity contribution in [3.63, 3.8) is 0 Å². The molecule has 3 aromatic rings. The van der Waals surface area contributed by atoms with E-state index in [1.807, 2.05) is 28.8 Å². The Labute approximate surface area is 126 Å². The predicted molar refractivity (Wildman–Crippen MR) is 80.7 cm³/mol. The third-order valence-corrected chi connectivity index (χ3v) is 3.26. The number of H-pyrrole nitrogens is 1. The number of aryl methyl sites for hydroxylation is 1. The molecule has 1 amide bonds. The van der Waals surface area contributed by atoms with E-state index >= 15 is 0 Å². The van der Waals surface area contributed by atoms with Crippen molar-refractivity contribution in [2.45, 2.75) is 12.8 Å². The van der Waals surface area contributed by atoms with Crippen molar-refractivity contribution < 1.29 is 4.79 Å². The zero-order chi connectivity index (χ0) is 15.4. The van der Waals surface area contributed by atoms with Gasteiger partial charge in [-0.15, -0.1) is 10.2 Å². The van der Waals surface area contributed by atoms with Gasteiger partial charge in [0.15, 0.2) is 5.65 Å². The Bertz CT molecular complexity index is 852. The molecule has 0 aliphatic rings. The standard InChI is InChI=1S/C15H15N5O2/c21-14-8-3-5-11(17-14)15(22)16-9-4-7-13-19-18-12-6-1-2-10-20(12)13/h1-3,5-6,8,10H,4,7,9H2,(H,16,22)(H,17,21). The van der Waals surface area contributed by atoms with E-state index in [1.165, 1.54) is 6.07 Å². The third-order valence-electron chi connectivity index (χ3n) is 3.26. The number of nitrogens with one attached hydrogen (secondary N) is 2. The van der Waals surface area contributed by atoms with Crippen LogP contribution in [0.25, 0.3) is 5.65 Å². The highest BCUT2D eigenvalue weighted by Gasteiger charge is 2.07. The molecule has 0 saturated heterocycles. The van der Waals surface area contributed by atoms with Gasteiger partial charge in [0.1, 0.15) is 11.5 Å². The van der Waals surface area contributed by atoms with Gasteiger partial charge in [-0.2, -0.15) is 0 Å². The Balaban J connectivity index is 1.53. The lowest BCUT2D eigenvalue weighted by Gasteiger charge is -2.04. The lowest BCUT2D eigenvalue weighted by molar-refractivity contribution is 0.0948. The molecule has 0 spiro atoms. The van der Waals surface area contributed by atoms with Gasteiger partial charge in [-0.1, -0.05) is 12.1 Å². The van der Waals surface area contributed by atoms with Crippen molar-refractivity contribution in [2.24, 2.45) is 0 Å². The maximum absolute atomic E-state index is 11.9. The Kier molecular flexibility index (Phi) is 3.95. The number of fused-ring (bicyclic) bond motifs is 1. The topological polar surface area (TPSA) is 92.2 Å². The van der Waals surface area contributed by atoms with Crippen molar-refractivity contribution in [1.29, 1.82) is 0 Å². The summed E-state index contributed by atoms with van der Waals surface area (Å²) in [6, 6.07) is 10.2. The van der Waals surface area contributed by atoms with Crippen LogP contribution in [0.3, 0.4) is 0 Å². The Morgan fingerprint density at radius 3 is 2.95 bits per heavy atom. The SMILES string of the molecule is O=C(NCCCc1nnc2ccccn12)c1cccc(=O)[nH]1. The van der Waals surface area contributed by atoms with Gasteiger partial charge >= 0.3 is 0 Å². The Hall–Kier alpha value is -2.96. The zero-order valence-electron chi connectivity index (χ0n) is 11.8. The number of aromatic amines is 1. The van der Waals surface area contributed by atoms with E-state index < -0.39 is 0 Å². The van der Waals surface area contributed by atoms with E-state index in [0.717, 1.165) is 17.9 Å². The number of hydrogen-bond acceptors (Lipinski definition) is 4. The van der Waals surface area contributed by atoms with Crippen LogP contribution in [0.2, 0.25) is 0 Å². The molecule has 0 bridgehead atoms. The fourth-order valence-electron chi connectivity index (χ4n) is 2.19. The number of carbonyl (C=O) groups is 1. The lowest BCUT2D eigenvalue weighted by atomic mass is 10.2. The molecule has 2 N–H and O–H groups in total. The first kappa shape index (κ1) is 14.0. The zero-order valence-corrected chi connectivity index (χ0v) is 11.8. The van der Waals surface area contributed by atoms with Gasteiger partial charge in [0.05, 0.1) is 0 Å². The van der Waals surface area contributed by atoms with E-state index in [9.17, 15) is 9.59 Å². The molecule has 0 radical (unpaired) electrons. The number of rotatable bonds is 5. The van der Waals surface area contributed by atoms with Crippen LogP contribution in [-0.4, -0.2) is 32.0 Å². The molecule has 0 unspecified atom stereocenters. The van der Waals surface area contributed by atoms with Crippen LogP contribution >= 0.6 is 0 Å². The first-order chi connectivity index (χ1) is 10.7. The molecular formula is C15H15N5O2. The first-order valence-electron chi connectivity index (χ1n) is 7.00. The van der Waals surface area contributed by atoms with Gasteiger partial charge in [-0.3, -0.25) is 14.0 Å². The van der Waals surface area contributed by atoms with E-state index in [-0.39, 0.29) is 17.2 Å². The van der Waals surface area contributed by atoms with Gasteiger partial charge in [0, 0.05) is 25.2 Å². The highest BCUT2D eigenvalue weighted by molar-refractivity contribution is 5.92. The van der Waals surface area contributed by atoms with E-state index in [4.69, 9.17) is 0 Å². The molecule has 3 rings (SSSR count). The number of amides is 1. The summed E-state index contributed by atoms with van der Waals surface area (Å²) in [5, 5.41) is 11.0. The lowest BCUT2D eigenvalue weighted by Crippen LogP contribution is -2.27. The molecule has 3 heterocycles. The normalized spacial score (nSPS) is 10.7. The summed E-state index contributed by atoms with van der Waals surface area (Å²) in [5.74, 6) is 0.571. The van der Waals surface area contributed by atoms with Crippen molar-refractivity contribution in [1.82, 2.24) is 24.9 Å². The highest BCUT2D eigenvalue weighted by atomic mass is 16.2. The first-order valence-corrected chi connectivity index (χ1v) is 7.00. The van der Waals surface area contributed by atoms with Crippen LogP contribution in [0.4, 0.5) is 0 Å². The van der Waals surface area contributed by atoms with E-state index in [2.05, 4.69) is 20.5 Å². The van der Waals surface area contributed by atoms with Crippen LogP contribution in [0.15, 0.2) is 47.4 Å². The summed E-state index contributed by atoms with van der Waals surface area (Å²) in [7, 11) is 0. The smallest absolute Gasteiger partial charge is 0.267 e. The number of aromatic nitrogens is 4. The monoisotopic (exact) mass is 297 g/mol. The van der Waals surface area contributed by atoms with E-state index in [0.29, 0.717) is 13.0 Å². The Morgan fingerprint density at radius 2 is 2.09 bits per heavy atom. The molecule has 7 nitrogen and oxygen atoms in total. The number of nitrogens with zero attached hydrogens (tertiary/aromatic N) is 3. The molecule has 0 atom stereocenters. The van der Waals surface area contributed by atoms with E-state index in [1.54, 1.807) is 12.1 Å². The van der Waals surface area contributed by atoms with Crippen molar-refractivity contribution >= 4 is 11.6 Å².